The first kappa shape index (κ1) is 14.4. The molecule has 0 bridgehead atoms. The zero-order valence-electron chi connectivity index (χ0n) is 11.9. The summed E-state index contributed by atoms with van der Waals surface area (Å²) in [4.78, 5) is 0. The number of aromatic amines is 2. The predicted molar refractivity (Wildman–Crippen MR) is 93.0 cm³/mol. The molecule has 23 heavy (non-hydrogen) atoms. The minimum Gasteiger partial charge on any atom is -0.366 e. The van der Waals surface area contributed by atoms with Gasteiger partial charge in [-0.1, -0.05) is 23.2 Å². The van der Waals surface area contributed by atoms with Crippen molar-refractivity contribution in [3.05, 3.63) is 63.9 Å². The third-order valence-corrected chi connectivity index (χ3v) is 4.26. The van der Waals surface area contributed by atoms with E-state index >= 15 is 0 Å². The van der Waals surface area contributed by atoms with Crippen molar-refractivity contribution in [2.45, 2.75) is 6.54 Å². The first-order chi connectivity index (χ1) is 11.1. The number of H-pyrrole nitrogens is 2. The van der Waals surface area contributed by atoms with E-state index in [1.165, 1.54) is 12.1 Å². The molecule has 116 valence electrons. The van der Waals surface area contributed by atoms with Gasteiger partial charge in [0.15, 0.2) is 0 Å². The molecule has 0 unspecified atom stereocenters. The summed E-state index contributed by atoms with van der Waals surface area (Å²) in [7, 11) is 0. The maximum absolute atomic E-state index is 13.4. The van der Waals surface area contributed by atoms with Crippen LogP contribution in [0.4, 0.5) is 10.2 Å². The van der Waals surface area contributed by atoms with Gasteiger partial charge in [0.25, 0.3) is 0 Å². The van der Waals surface area contributed by atoms with E-state index in [9.17, 15) is 4.39 Å². The quantitative estimate of drug-likeness (QED) is 0.439. The Balaban J connectivity index is 1.64. The maximum Gasteiger partial charge on any atom is 0.127 e. The van der Waals surface area contributed by atoms with Crippen LogP contribution in [0.1, 0.15) is 5.56 Å². The Labute approximate surface area is 141 Å². The SMILES string of the molecule is Fc1ccc2c3[nH][nH]c(NCc4cc(Cl)cc(Cl)c4)c-3cc2c1. The summed E-state index contributed by atoms with van der Waals surface area (Å²) < 4.78 is 13.4. The van der Waals surface area contributed by atoms with Crippen LogP contribution in [0.15, 0.2) is 42.5 Å². The average Bonchev–Trinajstić information content (AvgIpc) is 3.02. The van der Waals surface area contributed by atoms with E-state index in [2.05, 4.69) is 15.5 Å². The Kier molecular flexibility index (Phi) is 3.43. The minimum absolute atomic E-state index is 0.239. The zero-order valence-corrected chi connectivity index (χ0v) is 13.4. The Morgan fingerprint density at radius 2 is 1.74 bits per heavy atom. The standard InChI is InChI=1S/C17H12Cl2FN3/c18-11-3-9(4-12(19)7-11)8-21-17-15-6-10-5-13(20)1-2-14(10)16(15)22-23-17/h1-7,21-23H,8H2. The second kappa shape index (κ2) is 5.48. The van der Waals surface area contributed by atoms with E-state index in [0.29, 0.717) is 16.6 Å². The summed E-state index contributed by atoms with van der Waals surface area (Å²) in [6.45, 7) is 0.569. The molecule has 0 amide bonds. The fourth-order valence-electron chi connectivity index (χ4n) is 2.82. The van der Waals surface area contributed by atoms with Crippen molar-refractivity contribution in [1.82, 2.24) is 10.2 Å². The van der Waals surface area contributed by atoms with Gasteiger partial charge in [0, 0.05) is 27.5 Å². The lowest BCUT2D eigenvalue weighted by molar-refractivity contribution is 0.630. The molecule has 0 atom stereocenters. The van der Waals surface area contributed by atoms with Crippen LogP contribution < -0.4 is 5.32 Å². The van der Waals surface area contributed by atoms with Crippen LogP contribution in [-0.4, -0.2) is 10.2 Å². The number of aromatic nitrogens is 2. The number of rotatable bonds is 3. The van der Waals surface area contributed by atoms with Gasteiger partial charge >= 0.3 is 0 Å². The van der Waals surface area contributed by atoms with Crippen LogP contribution in [0, 0.1) is 5.82 Å². The van der Waals surface area contributed by atoms with Crippen LogP contribution in [0.5, 0.6) is 0 Å². The Bertz CT molecular complexity index is 953. The number of hydrogen-bond acceptors (Lipinski definition) is 1. The highest BCUT2D eigenvalue weighted by Crippen LogP contribution is 2.37. The van der Waals surface area contributed by atoms with Gasteiger partial charge in [-0.3, -0.25) is 10.2 Å². The van der Waals surface area contributed by atoms with E-state index in [-0.39, 0.29) is 5.82 Å². The number of nitrogens with one attached hydrogen (secondary N) is 3. The van der Waals surface area contributed by atoms with Gasteiger partial charge in [-0.15, -0.1) is 0 Å². The van der Waals surface area contributed by atoms with Crippen molar-refractivity contribution < 1.29 is 4.39 Å². The summed E-state index contributed by atoms with van der Waals surface area (Å²) in [5.74, 6) is 0.602. The van der Waals surface area contributed by atoms with Crippen molar-refractivity contribution >= 4 is 39.8 Å². The van der Waals surface area contributed by atoms with Crippen LogP contribution >= 0.6 is 23.2 Å². The third kappa shape index (κ3) is 2.64. The summed E-state index contributed by atoms with van der Waals surface area (Å²) in [6.07, 6.45) is 0. The van der Waals surface area contributed by atoms with Gasteiger partial charge in [-0.2, -0.15) is 0 Å². The van der Waals surface area contributed by atoms with Gasteiger partial charge in [-0.05, 0) is 53.4 Å². The van der Waals surface area contributed by atoms with Crippen molar-refractivity contribution in [3.63, 3.8) is 0 Å². The highest BCUT2D eigenvalue weighted by molar-refractivity contribution is 6.34. The molecule has 0 radical (unpaired) electrons. The lowest BCUT2D eigenvalue weighted by Gasteiger charge is -2.06. The van der Waals surface area contributed by atoms with Gasteiger partial charge in [0.05, 0.1) is 5.69 Å². The van der Waals surface area contributed by atoms with E-state index in [1.54, 1.807) is 12.1 Å². The largest absolute Gasteiger partial charge is 0.366 e. The van der Waals surface area contributed by atoms with E-state index in [0.717, 1.165) is 33.4 Å². The van der Waals surface area contributed by atoms with Gasteiger partial charge in [0.2, 0.25) is 0 Å². The van der Waals surface area contributed by atoms with E-state index in [1.807, 2.05) is 18.2 Å². The molecule has 0 fully saturated rings. The van der Waals surface area contributed by atoms with Crippen LogP contribution in [-0.2, 0) is 6.54 Å². The molecule has 1 aliphatic carbocycles. The first-order valence-corrected chi connectivity index (χ1v) is 7.83. The normalized spacial score (nSPS) is 11.4. The summed E-state index contributed by atoms with van der Waals surface area (Å²) in [5.41, 5.74) is 2.91. The molecule has 2 aromatic carbocycles. The van der Waals surface area contributed by atoms with E-state index in [4.69, 9.17) is 23.2 Å². The van der Waals surface area contributed by atoms with Crippen molar-refractivity contribution in [2.75, 3.05) is 5.32 Å². The molecular weight excluding hydrogens is 336 g/mol. The molecule has 4 rings (SSSR count). The van der Waals surface area contributed by atoms with Crippen molar-refractivity contribution in [3.8, 4) is 11.3 Å². The second-order valence-corrected chi connectivity index (χ2v) is 6.29. The molecular formula is C17H12Cl2FN3. The minimum atomic E-state index is -0.239. The van der Waals surface area contributed by atoms with Gasteiger partial charge < -0.3 is 5.32 Å². The van der Waals surface area contributed by atoms with E-state index < -0.39 is 0 Å². The van der Waals surface area contributed by atoms with Crippen LogP contribution in [0.2, 0.25) is 10.0 Å². The zero-order chi connectivity index (χ0) is 16.0. The van der Waals surface area contributed by atoms with Gasteiger partial charge in [0.1, 0.15) is 11.6 Å². The molecule has 3 N–H and O–H groups in total. The Morgan fingerprint density at radius 1 is 0.957 bits per heavy atom. The first-order valence-electron chi connectivity index (χ1n) is 7.07. The summed E-state index contributed by atoms with van der Waals surface area (Å²) >= 11 is 12.0. The third-order valence-electron chi connectivity index (χ3n) is 3.83. The molecule has 2 aromatic rings. The number of fused-ring (bicyclic) bond motifs is 3. The monoisotopic (exact) mass is 347 g/mol. The van der Waals surface area contributed by atoms with Gasteiger partial charge in [-0.25, -0.2) is 4.39 Å². The highest BCUT2D eigenvalue weighted by atomic mass is 35.5. The molecule has 1 aliphatic heterocycles. The molecule has 1 heterocycles. The molecule has 0 aromatic heterocycles. The lowest BCUT2D eigenvalue weighted by atomic mass is 10.2. The number of benzene rings is 2. The lowest BCUT2D eigenvalue weighted by Crippen LogP contribution is -2.00. The fourth-order valence-corrected chi connectivity index (χ4v) is 3.39. The summed E-state index contributed by atoms with van der Waals surface area (Å²) in [6, 6.07) is 12.1. The van der Waals surface area contributed by atoms with Crippen LogP contribution in [0.3, 0.4) is 0 Å². The molecule has 0 spiro atoms. The Morgan fingerprint density at radius 3 is 2.52 bits per heavy atom. The maximum atomic E-state index is 13.4. The number of hydrogen-bond donors (Lipinski definition) is 3. The Hall–Kier alpha value is -2.17. The van der Waals surface area contributed by atoms with Crippen molar-refractivity contribution in [1.29, 1.82) is 0 Å². The molecule has 2 aliphatic rings. The topological polar surface area (TPSA) is 43.6 Å². The summed E-state index contributed by atoms with van der Waals surface area (Å²) in [5, 5.41) is 12.6. The fraction of sp³-hybridized carbons (Fsp3) is 0.0588. The molecule has 6 heteroatoms. The highest BCUT2D eigenvalue weighted by Gasteiger charge is 2.16. The molecule has 0 saturated heterocycles. The number of halogens is 3. The van der Waals surface area contributed by atoms with Crippen LogP contribution in [0.25, 0.3) is 22.0 Å². The average molecular weight is 348 g/mol. The molecule has 0 saturated carbocycles. The predicted octanol–water partition coefficient (Wildman–Crippen LogP) is 5.66. The number of anilines is 1. The molecule has 3 nitrogen and oxygen atoms in total. The smallest absolute Gasteiger partial charge is 0.127 e. The van der Waals surface area contributed by atoms with Crippen molar-refractivity contribution in [2.24, 2.45) is 0 Å². The second-order valence-electron chi connectivity index (χ2n) is 5.42.